The van der Waals surface area contributed by atoms with Gasteiger partial charge in [0.05, 0.1) is 6.10 Å². The zero-order valence-electron chi connectivity index (χ0n) is 15.2. The summed E-state index contributed by atoms with van der Waals surface area (Å²) in [6.45, 7) is 8.42. The van der Waals surface area contributed by atoms with Crippen LogP contribution in [0.5, 0.6) is 5.75 Å². The summed E-state index contributed by atoms with van der Waals surface area (Å²) in [5.41, 5.74) is 5.76. The summed E-state index contributed by atoms with van der Waals surface area (Å²) in [5, 5.41) is 0. The van der Waals surface area contributed by atoms with E-state index >= 15 is 0 Å². The first-order chi connectivity index (χ1) is 11.5. The minimum absolute atomic E-state index is 0.161. The fraction of sp³-hybridized carbons (Fsp3) is 0.632. The zero-order chi connectivity index (χ0) is 17.9. The van der Waals surface area contributed by atoms with Crippen LogP contribution >= 0.6 is 0 Å². The standard InChI is InChI=1S/C19H31NO4/c1-5-13-22-17(7-3)18(24-15-11-9-8-10-12-15)14(4)23-19(21)16(20)6-2/h8-12,14,16-18H,5-7,13,20H2,1-4H3/t14-,16-,17-,18-/m0/s1. The second-order valence-corrected chi connectivity index (χ2v) is 5.87. The molecule has 0 fully saturated rings. The third kappa shape index (κ3) is 6.49. The van der Waals surface area contributed by atoms with Crippen molar-refractivity contribution in [1.29, 1.82) is 0 Å². The van der Waals surface area contributed by atoms with Gasteiger partial charge in [-0.05, 0) is 38.3 Å². The van der Waals surface area contributed by atoms with Crippen LogP contribution in [0.3, 0.4) is 0 Å². The van der Waals surface area contributed by atoms with Crippen LogP contribution in [0.1, 0.15) is 47.0 Å². The van der Waals surface area contributed by atoms with Gasteiger partial charge in [-0.3, -0.25) is 4.79 Å². The number of para-hydroxylation sites is 1. The molecule has 0 radical (unpaired) electrons. The third-order valence-electron chi connectivity index (χ3n) is 3.83. The molecule has 0 aliphatic carbocycles. The van der Waals surface area contributed by atoms with Gasteiger partial charge < -0.3 is 19.9 Å². The summed E-state index contributed by atoms with van der Waals surface area (Å²) >= 11 is 0. The van der Waals surface area contributed by atoms with Crippen LogP contribution in [-0.4, -0.2) is 36.9 Å². The summed E-state index contributed by atoms with van der Waals surface area (Å²) in [5.74, 6) is 0.320. The molecule has 0 aliphatic heterocycles. The molecule has 0 amide bonds. The predicted molar refractivity (Wildman–Crippen MR) is 95.0 cm³/mol. The number of esters is 1. The molecule has 0 heterocycles. The lowest BCUT2D eigenvalue weighted by atomic mass is 10.1. The molecule has 5 heteroatoms. The number of ether oxygens (including phenoxy) is 3. The van der Waals surface area contributed by atoms with Crippen molar-refractivity contribution in [3.05, 3.63) is 30.3 Å². The van der Waals surface area contributed by atoms with Crippen LogP contribution < -0.4 is 10.5 Å². The second-order valence-electron chi connectivity index (χ2n) is 5.87. The number of hydrogen-bond acceptors (Lipinski definition) is 5. The van der Waals surface area contributed by atoms with E-state index in [0.29, 0.717) is 13.0 Å². The molecule has 5 nitrogen and oxygen atoms in total. The Balaban J connectivity index is 2.87. The molecule has 0 bridgehead atoms. The summed E-state index contributed by atoms with van der Waals surface area (Å²) in [6.07, 6.45) is 1.21. The molecule has 1 aromatic carbocycles. The van der Waals surface area contributed by atoms with Crippen molar-refractivity contribution < 1.29 is 19.0 Å². The van der Waals surface area contributed by atoms with Gasteiger partial charge in [0.2, 0.25) is 0 Å². The van der Waals surface area contributed by atoms with Crippen LogP contribution in [0.4, 0.5) is 0 Å². The van der Waals surface area contributed by atoms with Crippen molar-refractivity contribution in [2.75, 3.05) is 6.61 Å². The normalized spacial score (nSPS) is 16.0. The van der Waals surface area contributed by atoms with E-state index in [4.69, 9.17) is 19.9 Å². The topological polar surface area (TPSA) is 70.8 Å². The van der Waals surface area contributed by atoms with Gasteiger partial charge in [0.15, 0.2) is 6.10 Å². The molecule has 0 saturated carbocycles. The van der Waals surface area contributed by atoms with Crippen molar-refractivity contribution >= 4 is 5.97 Å². The van der Waals surface area contributed by atoms with E-state index in [2.05, 4.69) is 6.92 Å². The Bertz CT molecular complexity index is 466. The van der Waals surface area contributed by atoms with E-state index in [-0.39, 0.29) is 6.10 Å². The van der Waals surface area contributed by atoms with E-state index in [0.717, 1.165) is 18.6 Å². The lowest BCUT2D eigenvalue weighted by molar-refractivity contribution is -0.160. The molecule has 1 aromatic rings. The summed E-state index contributed by atoms with van der Waals surface area (Å²) < 4.78 is 17.5. The number of hydrogen-bond donors (Lipinski definition) is 1. The van der Waals surface area contributed by atoms with Crippen molar-refractivity contribution in [1.82, 2.24) is 0 Å². The first-order valence-corrected chi connectivity index (χ1v) is 8.82. The molecule has 0 aromatic heterocycles. The predicted octanol–water partition coefficient (Wildman–Crippen LogP) is 3.31. The molecule has 0 unspecified atom stereocenters. The summed E-state index contributed by atoms with van der Waals surface area (Å²) in [7, 11) is 0. The van der Waals surface area contributed by atoms with E-state index in [1.54, 1.807) is 0 Å². The van der Waals surface area contributed by atoms with E-state index in [1.165, 1.54) is 0 Å². The van der Waals surface area contributed by atoms with Crippen LogP contribution in [0.15, 0.2) is 30.3 Å². The third-order valence-corrected chi connectivity index (χ3v) is 3.83. The SMILES string of the molecule is CCCO[C@@H](CC)[C@@H](Oc1ccccc1)[C@H](C)OC(=O)[C@@H](N)CC. The molecule has 0 saturated heterocycles. The van der Waals surface area contributed by atoms with E-state index < -0.39 is 24.2 Å². The minimum Gasteiger partial charge on any atom is -0.484 e. The molecule has 4 atom stereocenters. The fourth-order valence-corrected chi connectivity index (χ4v) is 2.35. The largest absolute Gasteiger partial charge is 0.484 e. The summed E-state index contributed by atoms with van der Waals surface area (Å²) in [6, 6.07) is 8.89. The van der Waals surface area contributed by atoms with Gasteiger partial charge in [0.1, 0.15) is 17.9 Å². The van der Waals surface area contributed by atoms with Gasteiger partial charge in [-0.2, -0.15) is 0 Å². The maximum Gasteiger partial charge on any atom is 0.323 e. The highest BCUT2D eigenvalue weighted by atomic mass is 16.6. The molecule has 24 heavy (non-hydrogen) atoms. The van der Waals surface area contributed by atoms with Gasteiger partial charge in [0.25, 0.3) is 0 Å². The van der Waals surface area contributed by atoms with Crippen LogP contribution in [0.2, 0.25) is 0 Å². The quantitative estimate of drug-likeness (QED) is 0.627. The average molecular weight is 337 g/mol. The molecular weight excluding hydrogens is 306 g/mol. The number of nitrogens with two attached hydrogens (primary N) is 1. The first kappa shape index (κ1) is 20.5. The molecule has 2 N–H and O–H groups in total. The van der Waals surface area contributed by atoms with Crippen LogP contribution in [-0.2, 0) is 14.3 Å². The molecule has 136 valence electrons. The number of rotatable bonds is 11. The lowest BCUT2D eigenvalue weighted by Gasteiger charge is -2.32. The van der Waals surface area contributed by atoms with Crippen molar-refractivity contribution in [3.63, 3.8) is 0 Å². The van der Waals surface area contributed by atoms with Crippen LogP contribution in [0.25, 0.3) is 0 Å². The maximum atomic E-state index is 12.0. The van der Waals surface area contributed by atoms with Crippen molar-refractivity contribution in [2.24, 2.45) is 5.73 Å². The Morgan fingerprint density at radius 3 is 2.33 bits per heavy atom. The van der Waals surface area contributed by atoms with E-state index in [9.17, 15) is 4.79 Å². The minimum atomic E-state index is -0.610. The Morgan fingerprint density at radius 2 is 1.79 bits per heavy atom. The number of carbonyl (C=O) groups excluding carboxylic acids is 1. The summed E-state index contributed by atoms with van der Waals surface area (Å²) in [4.78, 5) is 12.0. The molecule has 0 aliphatic rings. The monoisotopic (exact) mass is 337 g/mol. The van der Waals surface area contributed by atoms with E-state index in [1.807, 2.05) is 51.1 Å². The smallest absolute Gasteiger partial charge is 0.323 e. The molecular formula is C19H31NO4. The lowest BCUT2D eigenvalue weighted by Crippen LogP contribution is -2.46. The molecule has 0 spiro atoms. The number of carbonyl (C=O) groups is 1. The highest BCUT2D eigenvalue weighted by Gasteiger charge is 2.32. The van der Waals surface area contributed by atoms with Gasteiger partial charge in [-0.25, -0.2) is 0 Å². The first-order valence-electron chi connectivity index (χ1n) is 8.82. The second kappa shape index (κ2) is 11.0. The average Bonchev–Trinajstić information content (AvgIpc) is 2.61. The Kier molecular flexibility index (Phi) is 9.42. The number of benzene rings is 1. The fourth-order valence-electron chi connectivity index (χ4n) is 2.35. The van der Waals surface area contributed by atoms with Crippen LogP contribution in [0, 0.1) is 0 Å². The molecule has 1 rings (SSSR count). The van der Waals surface area contributed by atoms with Crippen molar-refractivity contribution in [3.8, 4) is 5.75 Å². The van der Waals surface area contributed by atoms with Gasteiger partial charge >= 0.3 is 5.97 Å². The highest BCUT2D eigenvalue weighted by Crippen LogP contribution is 2.20. The Hall–Kier alpha value is -1.59. The van der Waals surface area contributed by atoms with Crippen molar-refractivity contribution in [2.45, 2.75) is 71.3 Å². The maximum absolute atomic E-state index is 12.0. The zero-order valence-corrected chi connectivity index (χ0v) is 15.2. The van der Waals surface area contributed by atoms with Gasteiger partial charge in [-0.1, -0.05) is 39.0 Å². The Morgan fingerprint density at radius 1 is 1.12 bits per heavy atom. The van der Waals surface area contributed by atoms with Gasteiger partial charge in [0, 0.05) is 6.61 Å². The highest BCUT2D eigenvalue weighted by molar-refractivity contribution is 5.75. The Labute approximate surface area is 145 Å². The van der Waals surface area contributed by atoms with Gasteiger partial charge in [-0.15, -0.1) is 0 Å².